The number of hydrogen-bond donors (Lipinski definition) is 2. The fourth-order valence-electron chi connectivity index (χ4n) is 1.40. The van der Waals surface area contributed by atoms with E-state index in [0.717, 1.165) is 0 Å². The van der Waals surface area contributed by atoms with Gasteiger partial charge in [0.05, 0.1) is 17.1 Å². The SMILES string of the molecule is O=C(O)CCc1noc2cc(O)c(Cl)cc12. The van der Waals surface area contributed by atoms with E-state index >= 15 is 0 Å². The first-order chi connectivity index (χ1) is 7.58. The first kappa shape index (κ1) is 10.8. The van der Waals surface area contributed by atoms with Gasteiger partial charge < -0.3 is 14.7 Å². The average molecular weight is 242 g/mol. The molecule has 6 heteroatoms. The Hall–Kier alpha value is -1.75. The molecule has 0 bridgehead atoms. The molecule has 84 valence electrons. The lowest BCUT2D eigenvalue weighted by Gasteiger charge is -1.96. The number of aromatic hydroxyl groups is 1. The third kappa shape index (κ3) is 1.94. The van der Waals surface area contributed by atoms with Crippen molar-refractivity contribution in [3.8, 4) is 5.75 Å². The molecule has 1 aromatic heterocycles. The lowest BCUT2D eigenvalue weighted by molar-refractivity contribution is -0.136. The number of aryl methyl sites for hydroxylation is 1. The third-order valence-electron chi connectivity index (χ3n) is 2.19. The Kier molecular flexibility index (Phi) is 2.70. The van der Waals surface area contributed by atoms with Crippen molar-refractivity contribution in [1.82, 2.24) is 5.16 Å². The Bertz CT molecular complexity index is 549. The van der Waals surface area contributed by atoms with Gasteiger partial charge in [0, 0.05) is 17.9 Å². The van der Waals surface area contributed by atoms with E-state index < -0.39 is 5.97 Å². The van der Waals surface area contributed by atoms with Gasteiger partial charge in [0.15, 0.2) is 5.58 Å². The highest BCUT2D eigenvalue weighted by atomic mass is 35.5. The normalized spacial score (nSPS) is 10.8. The third-order valence-corrected chi connectivity index (χ3v) is 2.49. The lowest BCUT2D eigenvalue weighted by atomic mass is 10.1. The fraction of sp³-hybridized carbons (Fsp3) is 0.200. The van der Waals surface area contributed by atoms with Gasteiger partial charge in [0.25, 0.3) is 0 Å². The summed E-state index contributed by atoms with van der Waals surface area (Å²) in [5.74, 6) is -0.990. The van der Waals surface area contributed by atoms with Gasteiger partial charge in [0.2, 0.25) is 0 Å². The van der Waals surface area contributed by atoms with Gasteiger partial charge in [-0.15, -0.1) is 0 Å². The molecule has 0 amide bonds. The Morgan fingerprint density at radius 2 is 2.25 bits per heavy atom. The number of carboxylic acids is 1. The first-order valence-electron chi connectivity index (χ1n) is 4.56. The number of halogens is 1. The van der Waals surface area contributed by atoms with Crippen LogP contribution in [0.15, 0.2) is 16.7 Å². The molecule has 0 unspecified atom stereocenters. The number of fused-ring (bicyclic) bond motifs is 1. The highest BCUT2D eigenvalue weighted by Crippen LogP contribution is 2.30. The van der Waals surface area contributed by atoms with Crippen molar-refractivity contribution in [3.05, 3.63) is 22.8 Å². The number of aliphatic carboxylic acids is 1. The van der Waals surface area contributed by atoms with Crippen LogP contribution in [0.1, 0.15) is 12.1 Å². The number of phenols is 1. The first-order valence-corrected chi connectivity index (χ1v) is 4.94. The van der Waals surface area contributed by atoms with Crippen LogP contribution in [0.4, 0.5) is 0 Å². The number of nitrogens with zero attached hydrogens (tertiary/aromatic N) is 1. The van der Waals surface area contributed by atoms with Crippen LogP contribution in [0.5, 0.6) is 5.75 Å². The van der Waals surface area contributed by atoms with E-state index in [0.29, 0.717) is 16.7 Å². The Morgan fingerprint density at radius 1 is 1.50 bits per heavy atom. The Balaban J connectivity index is 2.40. The van der Waals surface area contributed by atoms with Gasteiger partial charge in [-0.05, 0) is 6.07 Å². The molecule has 0 saturated carbocycles. The van der Waals surface area contributed by atoms with Gasteiger partial charge in [-0.1, -0.05) is 16.8 Å². The van der Waals surface area contributed by atoms with Crippen LogP contribution in [0.25, 0.3) is 11.0 Å². The van der Waals surface area contributed by atoms with Crippen LogP contribution >= 0.6 is 11.6 Å². The van der Waals surface area contributed by atoms with Gasteiger partial charge in [-0.3, -0.25) is 4.79 Å². The second kappa shape index (κ2) is 4.02. The monoisotopic (exact) mass is 241 g/mol. The molecular weight excluding hydrogens is 234 g/mol. The van der Waals surface area contributed by atoms with Crippen molar-refractivity contribution in [2.45, 2.75) is 12.8 Å². The zero-order chi connectivity index (χ0) is 11.7. The Labute approximate surface area is 95.2 Å². The summed E-state index contributed by atoms with van der Waals surface area (Å²) in [6.45, 7) is 0. The number of carboxylic acid groups (broad SMARTS) is 1. The molecule has 0 saturated heterocycles. The lowest BCUT2D eigenvalue weighted by Crippen LogP contribution is -1.97. The summed E-state index contributed by atoms with van der Waals surface area (Å²) in [6, 6.07) is 2.87. The maximum absolute atomic E-state index is 10.4. The summed E-state index contributed by atoms with van der Waals surface area (Å²) in [4.78, 5) is 10.4. The minimum atomic E-state index is -0.902. The van der Waals surface area contributed by atoms with E-state index in [1.807, 2.05) is 0 Å². The molecule has 0 atom stereocenters. The summed E-state index contributed by atoms with van der Waals surface area (Å²) in [7, 11) is 0. The van der Waals surface area contributed by atoms with Crippen LogP contribution in [-0.2, 0) is 11.2 Å². The van der Waals surface area contributed by atoms with Crippen LogP contribution < -0.4 is 0 Å². The summed E-state index contributed by atoms with van der Waals surface area (Å²) >= 11 is 5.74. The predicted molar refractivity (Wildman–Crippen MR) is 56.6 cm³/mol. The van der Waals surface area contributed by atoms with Crippen molar-refractivity contribution < 1.29 is 19.5 Å². The molecule has 2 N–H and O–H groups in total. The minimum Gasteiger partial charge on any atom is -0.506 e. The summed E-state index contributed by atoms with van der Waals surface area (Å²) in [5.41, 5.74) is 0.918. The molecular formula is C10H8ClNO4. The standard InChI is InChI=1S/C10H8ClNO4/c11-6-3-5-7(1-2-10(14)15)12-16-9(5)4-8(6)13/h3-4,13H,1-2H2,(H,14,15). The molecule has 0 aliphatic rings. The zero-order valence-corrected chi connectivity index (χ0v) is 8.86. The zero-order valence-electron chi connectivity index (χ0n) is 8.11. The number of phenolic OH excluding ortho intramolecular Hbond substituents is 1. The fourth-order valence-corrected chi connectivity index (χ4v) is 1.57. The number of carbonyl (C=O) groups is 1. The molecule has 1 aromatic carbocycles. The van der Waals surface area contributed by atoms with Gasteiger partial charge in [0.1, 0.15) is 5.75 Å². The molecule has 0 aliphatic carbocycles. The largest absolute Gasteiger partial charge is 0.506 e. The molecule has 2 aromatic rings. The maximum Gasteiger partial charge on any atom is 0.303 e. The minimum absolute atomic E-state index is 0.0276. The van der Waals surface area contributed by atoms with Crippen LogP contribution in [-0.4, -0.2) is 21.3 Å². The number of rotatable bonds is 3. The second-order valence-electron chi connectivity index (χ2n) is 3.32. The van der Waals surface area contributed by atoms with Gasteiger partial charge in [-0.2, -0.15) is 0 Å². The van der Waals surface area contributed by atoms with E-state index in [2.05, 4.69) is 5.16 Å². The van der Waals surface area contributed by atoms with Crippen molar-refractivity contribution in [1.29, 1.82) is 0 Å². The summed E-state index contributed by atoms with van der Waals surface area (Å²) < 4.78 is 4.96. The van der Waals surface area contributed by atoms with Gasteiger partial charge in [-0.25, -0.2) is 0 Å². The maximum atomic E-state index is 10.4. The van der Waals surface area contributed by atoms with E-state index in [-0.39, 0.29) is 23.6 Å². The number of aromatic nitrogens is 1. The smallest absolute Gasteiger partial charge is 0.303 e. The van der Waals surface area contributed by atoms with Crippen LogP contribution in [0.2, 0.25) is 5.02 Å². The van der Waals surface area contributed by atoms with Crippen LogP contribution in [0, 0.1) is 0 Å². The number of benzene rings is 1. The summed E-state index contributed by atoms with van der Waals surface area (Å²) in [5, 5.41) is 22.4. The molecule has 16 heavy (non-hydrogen) atoms. The molecule has 2 rings (SSSR count). The van der Waals surface area contributed by atoms with Crippen LogP contribution in [0.3, 0.4) is 0 Å². The molecule has 0 spiro atoms. The van der Waals surface area contributed by atoms with Crippen molar-refractivity contribution in [2.75, 3.05) is 0 Å². The topological polar surface area (TPSA) is 83.6 Å². The summed E-state index contributed by atoms with van der Waals surface area (Å²) in [6.07, 6.45) is 0.240. The predicted octanol–water partition coefficient (Wildman–Crippen LogP) is 2.20. The van der Waals surface area contributed by atoms with E-state index in [1.165, 1.54) is 12.1 Å². The molecule has 0 aliphatic heterocycles. The second-order valence-corrected chi connectivity index (χ2v) is 3.73. The molecule has 0 fully saturated rings. The number of hydrogen-bond acceptors (Lipinski definition) is 4. The molecule has 5 nitrogen and oxygen atoms in total. The van der Waals surface area contributed by atoms with E-state index in [4.69, 9.17) is 21.2 Å². The van der Waals surface area contributed by atoms with Gasteiger partial charge >= 0.3 is 5.97 Å². The van der Waals surface area contributed by atoms with Crippen molar-refractivity contribution in [2.24, 2.45) is 0 Å². The molecule has 0 radical (unpaired) electrons. The highest BCUT2D eigenvalue weighted by Gasteiger charge is 2.12. The Morgan fingerprint density at radius 3 is 2.94 bits per heavy atom. The van der Waals surface area contributed by atoms with Crippen molar-refractivity contribution in [3.63, 3.8) is 0 Å². The molecule has 1 heterocycles. The average Bonchev–Trinajstić information content (AvgIpc) is 2.58. The quantitative estimate of drug-likeness (QED) is 0.861. The highest BCUT2D eigenvalue weighted by molar-refractivity contribution is 6.32. The van der Waals surface area contributed by atoms with Crippen molar-refractivity contribution >= 4 is 28.5 Å². The van der Waals surface area contributed by atoms with E-state index in [9.17, 15) is 9.90 Å². The van der Waals surface area contributed by atoms with E-state index in [1.54, 1.807) is 0 Å².